The first-order chi connectivity index (χ1) is 14.1. The van der Waals surface area contributed by atoms with E-state index in [2.05, 4.69) is 19.9 Å². The lowest BCUT2D eigenvalue weighted by atomic mass is 9.92. The SMILES string of the molecule is Cc1cc(-c2nccnc2C2CN(C(=O)c3nc4ccccc4[nH]3)C2)ccc1F. The molecule has 1 aliphatic rings. The Morgan fingerprint density at radius 1 is 1.14 bits per heavy atom. The molecule has 4 aromatic rings. The van der Waals surface area contributed by atoms with Crippen LogP contribution in [0, 0.1) is 12.7 Å². The summed E-state index contributed by atoms with van der Waals surface area (Å²) >= 11 is 0. The van der Waals surface area contributed by atoms with Crippen LogP contribution in [-0.4, -0.2) is 43.8 Å². The lowest BCUT2D eigenvalue weighted by Gasteiger charge is -2.38. The Morgan fingerprint density at radius 3 is 2.72 bits per heavy atom. The number of H-pyrrole nitrogens is 1. The molecule has 0 spiro atoms. The first-order valence-electron chi connectivity index (χ1n) is 9.41. The van der Waals surface area contributed by atoms with Crippen LogP contribution < -0.4 is 0 Å². The average molecular weight is 387 g/mol. The van der Waals surface area contributed by atoms with Crippen LogP contribution in [0.4, 0.5) is 4.39 Å². The number of imidazole rings is 1. The van der Waals surface area contributed by atoms with Gasteiger partial charge < -0.3 is 9.88 Å². The highest BCUT2D eigenvalue weighted by atomic mass is 19.1. The van der Waals surface area contributed by atoms with Gasteiger partial charge in [-0.1, -0.05) is 12.1 Å². The standard InChI is InChI=1S/C22H18FN5O/c1-13-10-14(6-7-16(13)23)19-20(25-9-8-24-19)15-11-28(12-15)22(29)21-26-17-4-2-3-5-18(17)27-21/h2-10,15H,11-12H2,1H3,(H,26,27). The molecule has 6 nitrogen and oxygen atoms in total. The van der Waals surface area contributed by atoms with E-state index in [1.165, 1.54) is 6.07 Å². The normalized spacial score (nSPS) is 14.2. The number of aromatic nitrogens is 4. The summed E-state index contributed by atoms with van der Waals surface area (Å²) in [6.45, 7) is 2.81. The second-order valence-electron chi connectivity index (χ2n) is 7.26. The molecule has 0 aliphatic carbocycles. The molecule has 144 valence electrons. The van der Waals surface area contributed by atoms with E-state index < -0.39 is 0 Å². The second-order valence-corrected chi connectivity index (χ2v) is 7.26. The molecule has 3 heterocycles. The van der Waals surface area contributed by atoms with Crippen LogP contribution in [0.25, 0.3) is 22.3 Å². The average Bonchev–Trinajstić information content (AvgIpc) is 3.14. The van der Waals surface area contributed by atoms with Crippen LogP contribution in [0.15, 0.2) is 54.9 Å². The molecular formula is C22H18FN5O. The van der Waals surface area contributed by atoms with Gasteiger partial charge in [-0.3, -0.25) is 14.8 Å². The van der Waals surface area contributed by atoms with Crippen molar-refractivity contribution < 1.29 is 9.18 Å². The van der Waals surface area contributed by atoms with Crippen molar-refractivity contribution in [2.24, 2.45) is 0 Å². The topological polar surface area (TPSA) is 74.8 Å². The van der Waals surface area contributed by atoms with Gasteiger partial charge in [0.25, 0.3) is 5.91 Å². The van der Waals surface area contributed by atoms with Gasteiger partial charge in [0.15, 0.2) is 5.82 Å². The van der Waals surface area contributed by atoms with Crippen LogP contribution in [0.5, 0.6) is 0 Å². The van der Waals surface area contributed by atoms with Crippen molar-refractivity contribution in [2.45, 2.75) is 12.8 Å². The van der Waals surface area contributed by atoms with Crippen molar-refractivity contribution >= 4 is 16.9 Å². The zero-order chi connectivity index (χ0) is 20.0. The van der Waals surface area contributed by atoms with Crippen LogP contribution in [0.2, 0.25) is 0 Å². The highest BCUT2D eigenvalue weighted by Crippen LogP contribution is 2.33. The summed E-state index contributed by atoms with van der Waals surface area (Å²) in [6.07, 6.45) is 3.28. The van der Waals surface area contributed by atoms with Crippen LogP contribution in [-0.2, 0) is 0 Å². The molecule has 0 radical (unpaired) electrons. The van der Waals surface area contributed by atoms with Gasteiger partial charge in [-0.15, -0.1) is 0 Å². The van der Waals surface area contributed by atoms with E-state index in [1.54, 1.807) is 36.4 Å². The predicted molar refractivity (Wildman–Crippen MR) is 107 cm³/mol. The molecule has 1 saturated heterocycles. The second kappa shape index (κ2) is 6.77. The Balaban J connectivity index is 1.37. The van der Waals surface area contributed by atoms with Gasteiger partial charge in [0.2, 0.25) is 0 Å². The van der Waals surface area contributed by atoms with E-state index in [0.29, 0.717) is 24.5 Å². The summed E-state index contributed by atoms with van der Waals surface area (Å²) in [4.78, 5) is 31.0. The molecular weight excluding hydrogens is 369 g/mol. The minimum absolute atomic E-state index is 0.0809. The van der Waals surface area contributed by atoms with E-state index in [0.717, 1.165) is 28.0 Å². The van der Waals surface area contributed by atoms with E-state index in [4.69, 9.17) is 0 Å². The molecule has 2 aromatic carbocycles. The number of carbonyl (C=O) groups is 1. The number of carbonyl (C=O) groups excluding carboxylic acids is 1. The van der Waals surface area contributed by atoms with E-state index in [-0.39, 0.29) is 17.6 Å². The number of para-hydroxylation sites is 2. The first kappa shape index (κ1) is 17.5. The molecule has 0 saturated carbocycles. The van der Waals surface area contributed by atoms with Gasteiger partial charge >= 0.3 is 0 Å². The van der Waals surface area contributed by atoms with Gasteiger partial charge in [0.1, 0.15) is 5.82 Å². The van der Waals surface area contributed by atoms with E-state index in [1.807, 2.05) is 24.3 Å². The van der Waals surface area contributed by atoms with Crippen LogP contribution in [0.1, 0.15) is 27.8 Å². The van der Waals surface area contributed by atoms with Crippen molar-refractivity contribution in [3.8, 4) is 11.3 Å². The number of benzene rings is 2. The molecule has 1 amide bonds. The van der Waals surface area contributed by atoms with Crippen molar-refractivity contribution in [3.05, 3.63) is 77.8 Å². The minimum atomic E-state index is -0.245. The molecule has 5 rings (SSSR count). The fourth-order valence-corrected chi connectivity index (χ4v) is 3.68. The maximum atomic E-state index is 13.6. The summed E-state index contributed by atoms with van der Waals surface area (Å²) in [6, 6.07) is 12.5. The number of hydrogen-bond acceptors (Lipinski definition) is 4. The highest BCUT2D eigenvalue weighted by Gasteiger charge is 2.36. The Kier molecular flexibility index (Phi) is 4.08. The molecule has 0 unspecified atom stereocenters. The summed E-state index contributed by atoms with van der Waals surface area (Å²) in [5.74, 6) is 0.0570. The number of aromatic amines is 1. The van der Waals surface area contributed by atoms with Crippen molar-refractivity contribution in [2.75, 3.05) is 13.1 Å². The van der Waals surface area contributed by atoms with E-state index >= 15 is 0 Å². The van der Waals surface area contributed by atoms with Crippen LogP contribution in [0.3, 0.4) is 0 Å². The first-order valence-corrected chi connectivity index (χ1v) is 9.41. The molecule has 7 heteroatoms. The highest BCUT2D eigenvalue weighted by molar-refractivity contribution is 5.94. The van der Waals surface area contributed by atoms with Crippen LogP contribution >= 0.6 is 0 Å². The largest absolute Gasteiger partial charge is 0.335 e. The van der Waals surface area contributed by atoms with Crippen molar-refractivity contribution in [1.29, 1.82) is 0 Å². The number of hydrogen-bond donors (Lipinski definition) is 1. The summed E-state index contributed by atoms with van der Waals surface area (Å²) in [7, 11) is 0. The van der Waals surface area contributed by atoms with Gasteiger partial charge in [0.05, 0.1) is 22.4 Å². The summed E-state index contributed by atoms with van der Waals surface area (Å²) in [5.41, 5.74) is 4.57. The third-order valence-corrected chi connectivity index (χ3v) is 5.31. The number of nitrogens with one attached hydrogen (secondary N) is 1. The molecule has 1 fully saturated rings. The van der Waals surface area contributed by atoms with Crippen molar-refractivity contribution in [1.82, 2.24) is 24.8 Å². The summed E-state index contributed by atoms with van der Waals surface area (Å²) < 4.78 is 13.6. The lowest BCUT2D eigenvalue weighted by Crippen LogP contribution is -2.49. The molecule has 0 bridgehead atoms. The Bertz CT molecular complexity index is 1200. The monoisotopic (exact) mass is 387 g/mol. The van der Waals surface area contributed by atoms with Crippen molar-refractivity contribution in [3.63, 3.8) is 0 Å². The van der Waals surface area contributed by atoms with Gasteiger partial charge in [-0.2, -0.15) is 0 Å². The number of aryl methyl sites for hydroxylation is 1. The quantitative estimate of drug-likeness (QED) is 0.582. The fourth-order valence-electron chi connectivity index (χ4n) is 3.68. The number of nitrogens with zero attached hydrogens (tertiary/aromatic N) is 4. The third kappa shape index (κ3) is 3.04. The zero-order valence-corrected chi connectivity index (χ0v) is 15.8. The maximum absolute atomic E-state index is 13.6. The number of amides is 1. The number of likely N-dealkylation sites (tertiary alicyclic amines) is 1. The maximum Gasteiger partial charge on any atom is 0.289 e. The predicted octanol–water partition coefficient (Wildman–Crippen LogP) is 3.71. The molecule has 0 atom stereocenters. The van der Waals surface area contributed by atoms with E-state index in [9.17, 15) is 9.18 Å². The molecule has 29 heavy (non-hydrogen) atoms. The Labute approximate surface area is 166 Å². The summed E-state index contributed by atoms with van der Waals surface area (Å²) in [5, 5.41) is 0. The number of rotatable bonds is 3. The molecule has 1 N–H and O–H groups in total. The number of halogens is 1. The smallest absolute Gasteiger partial charge is 0.289 e. The lowest BCUT2D eigenvalue weighted by molar-refractivity contribution is 0.0587. The molecule has 1 aliphatic heterocycles. The minimum Gasteiger partial charge on any atom is -0.335 e. The van der Waals surface area contributed by atoms with Gasteiger partial charge in [-0.05, 0) is 42.8 Å². The van der Waals surface area contributed by atoms with Gasteiger partial charge in [-0.25, -0.2) is 9.37 Å². The fraction of sp³-hybridized carbons (Fsp3) is 0.182. The molecule has 2 aromatic heterocycles. The Morgan fingerprint density at radius 2 is 1.93 bits per heavy atom. The zero-order valence-electron chi connectivity index (χ0n) is 15.8. The Hall–Kier alpha value is -3.61. The van der Waals surface area contributed by atoms with Gasteiger partial charge in [0, 0.05) is 37.0 Å². The third-order valence-electron chi connectivity index (χ3n) is 5.31. The number of fused-ring (bicyclic) bond motifs is 1.